The summed E-state index contributed by atoms with van der Waals surface area (Å²) in [4.78, 5) is 11.8. The van der Waals surface area contributed by atoms with Crippen LogP contribution >= 0.6 is 0 Å². The van der Waals surface area contributed by atoms with Crippen molar-refractivity contribution in [1.82, 2.24) is 9.21 Å². The Balaban J connectivity index is 2.74. The van der Waals surface area contributed by atoms with E-state index in [0.717, 1.165) is 15.3 Å². The van der Waals surface area contributed by atoms with E-state index in [4.69, 9.17) is 9.84 Å². The van der Waals surface area contributed by atoms with Crippen LogP contribution < -0.4 is 4.74 Å². The molecule has 1 rings (SSSR count). The molecule has 0 aliphatic heterocycles. The van der Waals surface area contributed by atoms with E-state index < -0.39 is 16.1 Å². The first-order valence-corrected chi connectivity index (χ1v) is 7.61. The average Bonchev–Trinajstić information content (AvgIpc) is 2.47. The van der Waals surface area contributed by atoms with Crippen molar-refractivity contribution in [3.8, 4) is 5.75 Å². The predicted molar refractivity (Wildman–Crippen MR) is 77.8 cm³/mol. The van der Waals surface area contributed by atoms with Crippen LogP contribution in [0.15, 0.2) is 41.6 Å². The molecule has 0 aliphatic rings. The number of carboxylic acid groups (broad SMARTS) is 1. The van der Waals surface area contributed by atoms with Gasteiger partial charge < -0.3 is 9.84 Å². The normalized spacial score (nSPS) is 11.8. The number of nitrogens with zero attached hydrogens (tertiary/aromatic N) is 2. The average molecular weight is 332 g/mol. The molecule has 7 nitrogen and oxygen atoms in total. The SMILES string of the molecule is CN(C)S(=O)(=O)c1ccc(OCN(CC=CF)C(=O)O)cc1. The van der Waals surface area contributed by atoms with Gasteiger partial charge in [-0.25, -0.2) is 21.9 Å². The number of ether oxygens (including phenoxy) is 1. The van der Waals surface area contributed by atoms with Crippen molar-refractivity contribution in [2.24, 2.45) is 0 Å². The van der Waals surface area contributed by atoms with Gasteiger partial charge in [0.1, 0.15) is 5.75 Å². The second-order valence-corrected chi connectivity index (χ2v) is 6.55. The molecule has 22 heavy (non-hydrogen) atoms. The zero-order valence-corrected chi connectivity index (χ0v) is 13.0. The highest BCUT2D eigenvalue weighted by molar-refractivity contribution is 7.89. The number of hydrogen-bond donors (Lipinski definition) is 1. The third kappa shape index (κ3) is 4.71. The van der Waals surface area contributed by atoms with Gasteiger partial charge in [0.15, 0.2) is 6.73 Å². The summed E-state index contributed by atoms with van der Waals surface area (Å²) in [6, 6.07) is 5.55. The van der Waals surface area contributed by atoms with Crippen molar-refractivity contribution in [2.75, 3.05) is 27.4 Å². The summed E-state index contributed by atoms with van der Waals surface area (Å²) in [5, 5.41) is 8.89. The molecule has 9 heteroatoms. The summed E-state index contributed by atoms with van der Waals surface area (Å²) in [5.41, 5.74) is 0. The number of carbonyl (C=O) groups is 1. The summed E-state index contributed by atoms with van der Waals surface area (Å²) in [6.07, 6.45) is 0.0195. The van der Waals surface area contributed by atoms with E-state index in [1.54, 1.807) is 0 Å². The highest BCUT2D eigenvalue weighted by Crippen LogP contribution is 2.18. The lowest BCUT2D eigenvalue weighted by molar-refractivity contribution is 0.106. The van der Waals surface area contributed by atoms with E-state index in [0.29, 0.717) is 5.75 Å². The molecule has 0 heterocycles. The van der Waals surface area contributed by atoms with Gasteiger partial charge in [-0.1, -0.05) is 0 Å². The number of benzene rings is 1. The summed E-state index contributed by atoms with van der Waals surface area (Å²) in [6.45, 7) is -0.460. The van der Waals surface area contributed by atoms with Crippen LogP contribution in [0.2, 0.25) is 0 Å². The van der Waals surface area contributed by atoms with E-state index in [9.17, 15) is 17.6 Å². The molecule has 0 radical (unpaired) electrons. The molecule has 0 bridgehead atoms. The van der Waals surface area contributed by atoms with Crippen molar-refractivity contribution in [3.05, 3.63) is 36.7 Å². The Morgan fingerprint density at radius 2 is 1.91 bits per heavy atom. The quantitative estimate of drug-likeness (QED) is 0.769. The molecule has 0 aromatic heterocycles. The Labute approximate surface area is 128 Å². The van der Waals surface area contributed by atoms with Crippen molar-refractivity contribution in [1.29, 1.82) is 0 Å². The largest absolute Gasteiger partial charge is 0.473 e. The van der Waals surface area contributed by atoms with E-state index in [-0.39, 0.29) is 24.5 Å². The van der Waals surface area contributed by atoms with Crippen molar-refractivity contribution in [2.45, 2.75) is 4.90 Å². The fourth-order valence-electron chi connectivity index (χ4n) is 1.42. The minimum absolute atomic E-state index is 0.0975. The highest BCUT2D eigenvalue weighted by Gasteiger charge is 2.17. The molecule has 1 aromatic carbocycles. The van der Waals surface area contributed by atoms with Crippen LogP contribution in [-0.4, -0.2) is 56.2 Å². The van der Waals surface area contributed by atoms with Crippen LogP contribution in [0.3, 0.4) is 0 Å². The first kappa shape index (κ1) is 17.9. The topological polar surface area (TPSA) is 87.2 Å². The van der Waals surface area contributed by atoms with Gasteiger partial charge in [0.2, 0.25) is 10.0 Å². The zero-order valence-electron chi connectivity index (χ0n) is 12.1. The first-order chi connectivity index (χ1) is 10.3. The third-order valence-electron chi connectivity index (χ3n) is 2.67. The van der Waals surface area contributed by atoms with Crippen molar-refractivity contribution in [3.63, 3.8) is 0 Å². The standard InChI is InChI=1S/C13H17FN2O5S/c1-15(2)22(19,20)12-6-4-11(5-7-12)21-10-16(13(17)18)9-3-8-14/h3-8H,9-10H2,1-2H3,(H,17,18). The molecule has 122 valence electrons. The van der Waals surface area contributed by atoms with E-state index in [1.165, 1.54) is 38.4 Å². The molecule has 1 N–H and O–H groups in total. The third-order valence-corrected chi connectivity index (χ3v) is 4.50. The van der Waals surface area contributed by atoms with Crippen LogP contribution in [0, 0.1) is 0 Å². The maximum absolute atomic E-state index is 11.9. The molecule has 0 saturated heterocycles. The summed E-state index contributed by atoms with van der Waals surface area (Å²) in [7, 11) is -0.689. The van der Waals surface area contributed by atoms with Crippen molar-refractivity contribution < 1.29 is 27.4 Å². The molecule has 0 fully saturated rings. The highest BCUT2D eigenvalue weighted by atomic mass is 32.2. The van der Waals surface area contributed by atoms with Gasteiger partial charge in [-0.05, 0) is 30.3 Å². The van der Waals surface area contributed by atoms with E-state index >= 15 is 0 Å². The van der Waals surface area contributed by atoms with Crippen LogP contribution in [0.5, 0.6) is 5.75 Å². The molecule has 1 amide bonds. The van der Waals surface area contributed by atoms with Crippen LogP contribution in [0.1, 0.15) is 0 Å². The molecular formula is C13H17FN2O5S. The lowest BCUT2D eigenvalue weighted by Crippen LogP contribution is -2.33. The maximum atomic E-state index is 11.9. The number of amides is 1. The van der Waals surface area contributed by atoms with Gasteiger partial charge in [-0.15, -0.1) is 0 Å². The molecular weight excluding hydrogens is 315 g/mol. The smallest absolute Gasteiger partial charge is 0.410 e. The van der Waals surface area contributed by atoms with E-state index in [1.807, 2.05) is 0 Å². The van der Waals surface area contributed by atoms with Crippen LogP contribution in [0.25, 0.3) is 0 Å². The minimum Gasteiger partial charge on any atom is -0.473 e. The zero-order chi connectivity index (χ0) is 16.8. The van der Waals surface area contributed by atoms with Gasteiger partial charge in [0.05, 0.1) is 11.2 Å². The summed E-state index contributed by atoms with van der Waals surface area (Å²) in [5.74, 6) is 0.299. The van der Waals surface area contributed by atoms with Crippen LogP contribution in [-0.2, 0) is 10.0 Å². The number of hydrogen-bond acceptors (Lipinski definition) is 4. The lowest BCUT2D eigenvalue weighted by Gasteiger charge is -2.18. The van der Waals surface area contributed by atoms with E-state index in [2.05, 4.69) is 0 Å². The van der Waals surface area contributed by atoms with Gasteiger partial charge >= 0.3 is 6.09 Å². The Hall–Kier alpha value is -2.13. The fraction of sp³-hybridized carbons (Fsp3) is 0.308. The Morgan fingerprint density at radius 1 is 1.32 bits per heavy atom. The maximum Gasteiger partial charge on any atom is 0.410 e. The molecule has 0 unspecified atom stereocenters. The van der Waals surface area contributed by atoms with Gasteiger partial charge in [0, 0.05) is 20.6 Å². The fourth-order valence-corrected chi connectivity index (χ4v) is 2.33. The summed E-state index contributed by atoms with van der Waals surface area (Å²) < 4.78 is 42.0. The molecule has 0 aliphatic carbocycles. The van der Waals surface area contributed by atoms with Gasteiger partial charge in [0.25, 0.3) is 0 Å². The van der Waals surface area contributed by atoms with Crippen LogP contribution in [0.4, 0.5) is 9.18 Å². The Kier molecular flexibility index (Phi) is 6.32. The Morgan fingerprint density at radius 3 is 2.36 bits per heavy atom. The number of sulfonamides is 1. The molecule has 1 aromatic rings. The summed E-state index contributed by atoms with van der Waals surface area (Å²) >= 11 is 0. The first-order valence-electron chi connectivity index (χ1n) is 6.17. The monoisotopic (exact) mass is 332 g/mol. The van der Waals surface area contributed by atoms with Gasteiger partial charge in [-0.3, -0.25) is 4.90 Å². The minimum atomic E-state index is -3.53. The molecule has 0 saturated carbocycles. The van der Waals surface area contributed by atoms with Gasteiger partial charge in [-0.2, -0.15) is 0 Å². The number of halogens is 1. The number of rotatable bonds is 7. The lowest BCUT2D eigenvalue weighted by atomic mass is 10.3. The molecule has 0 spiro atoms. The predicted octanol–water partition coefficient (Wildman–Crippen LogP) is 1.74. The molecule has 0 atom stereocenters. The second kappa shape index (κ2) is 7.76. The second-order valence-electron chi connectivity index (χ2n) is 4.40. The van der Waals surface area contributed by atoms with Crippen molar-refractivity contribution >= 4 is 16.1 Å². The Bertz CT molecular complexity index is 628.